The van der Waals surface area contributed by atoms with Gasteiger partial charge >= 0.3 is 0 Å². The summed E-state index contributed by atoms with van der Waals surface area (Å²) < 4.78 is 27.2. The van der Waals surface area contributed by atoms with Crippen LogP contribution in [-0.4, -0.2) is 77.6 Å². The Balaban J connectivity index is 1.32. The number of fused-ring (bicyclic) bond motifs is 1. The highest BCUT2D eigenvalue weighted by Gasteiger charge is 2.49. The summed E-state index contributed by atoms with van der Waals surface area (Å²) in [7, 11) is -3.64. The van der Waals surface area contributed by atoms with E-state index in [1.165, 1.54) is 22.8 Å². The van der Waals surface area contributed by atoms with Gasteiger partial charge in [0.05, 0.1) is 0 Å². The second-order valence-corrected chi connectivity index (χ2v) is 11.3. The number of carbonyl (C=O) groups excluding carboxylic acids is 2. The molecule has 3 atom stereocenters. The van der Waals surface area contributed by atoms with E-state index < -0.39 is 16.1 Å². The van der Waals surface area contributed by atoms with E-state index >= 15 is 0 Å². The number of likely N-dealkylation sites (tertiary alicyclic amines) is 1. The maximum atomic E-state index is 13.7. The molecule has 1 aromatic carbocycles. The lowest BCUT2D eigenvalue weighted by Gasteiger charge is -2.38. The molecule has 3 unspecified atom stereocenters. The molecule has 3 fully saturated rings. The Labute approximate surface area is 200 Å². The molecule has 3 heterocycles. The van der Waals surface area contributed by atoms with Gasteiger partial charge in [-0.15, -0.1) is 0 Å². The Bertz CT molecular complexity index is 1130. The Morgan fingerprint density at radius 3 is 2.35 bits per heavy atom. The van der Waals surface area contributed by atoms with E-state index in [9.17, 15) is 18.0 Å². The zero-order valence-corrected chi connectivity index (χ0v) is 19.9. The second-order valence-electron chi connectivity index (χ2n) is 9.36. The number of nitrogens with zero attached hydrogens (tertiary/aromatic N) is 4. The zero-order chi connectivity index (χ0) is 23.7. The van der Waals surface area contributed by atoms with E-state index in [0.29, 0.717) is 31.0 Å². The highest BCUT2D eigenvalue weighted by molar-refractivity contribution is 7.89. The summed E-state index contributed by atoms with van der Waals surface area (Å²) in [4.78, 5) is 34.8. The molecule has 180 valence electrons. The van der Waals surface area contributed by atoms with E-state index in [1.807, 2.05) is 35.2 Å². The summed E-state index contributed by atoms with van der Waals surface area (Å²) in [6.07, 6.45) is 7.77. The van der Waals surface area contributed by atoms with E-state index in [0.717, 1.165) is 25.7 Å². The topological polar surface area (TPSA) is 90.9 Å². The van der Waals surface area contributed by atoms with Crippen LogP contribution in [0.1, 0.15) is 42.5 Å². The number of amides is 2. The predicted octanol–water partition coefficient (Wildman–Crippen LogP) is 2.39. The van der Waals surface area contributed by atoms with E-state index in [2.05, 4.69) is 4.98 Å². The molecule has 3 aliphatic rings. The molecule has 0 N–H and O–H groups in total. The fourth-order valence-corrected chi connectivity index (χ4v) is 7.10. The van der Waals surface area contributed by atoms with Gasteiger partial charge in [-0.3, -0.25) is 14.6 Å². The minimum atomic E-state index is -3.64. The van der Waals surface area contributed by atoms with Crippen LogP contribution in [0.3, 0.4) is 0 Å². The molecule has 1 aliphatic carbocycles. The van der Waals surface area contributed by atoms with Gasteiger partial charge in [0.1, 0.15) is 10.9 Å². The smallest absolute Gasteiger partial charge is 0.254 e. The quantitative estimate of drug-likeness (QED) is 0.667. The number of piperazine rings is 1. The van der Waals surface area contributed by atoms with Crippen LogP contribution in [0.25, 0.3) is 0 Å². The highest BCUT2D eigenvalue weighted by Crippen LogP contribution is 2.41. The maximum absolute atomic E-state index is 13.7. The average molecular weight is 483 g/mol. The van der Waals surface area contributed by atoms with Crippen molar-refractivity contribution in [3.63, 3.8) is 0 Å². The molecule has 1 saturated carbocycles. The average Bonchev–Trinajstić information content (AvgIpc) is 3.28. The molecule has 0 radical (unpaired) electrons. The first-order valence-electron chi connectivity index (χ1n) is 12.0. The summed E-state index contributed by atoms with van der Waals surface area (Å²) in [5.41, 5.74) is 0.610. The van der Waals surface area contributed by atoms with Gasteiger partial charge in [-0.25, -0.2) is 8.42 Å². The van der Waals surface area contributed by atoms with Crippen molar-refractivity contribution in [1.29, 1.82) is 0 Å². The van der Waals surface area contributed by atoms with E-state index in [1.54, 1.807) is 11.0 Å². The number of benzene rings is 1. The van der Waals surface area contributed by atoms with Gasteiger partial charge in [-0.2, -0.15) is 4.31 Å². The van der Waals surface area contributed by atoms with Crippen molar-refractivity contribution < 1.29 is 18.0 Å². The van der Waals surface area contributed by atoms with Crippen molar-refractivity contribution in [2.45, 2.75) is 49.1 Å². The van der Waals surface area contributed by atoms with Crippen LogP contribution in [0.2, 0.25) is 0 Å². The first-order valence-corrected chi connectivity index (χ1v) is 13.5. The number of pyridine rings is 1. The van der Waals surface area contributed by atoms with Gasteiger partial charge in [-0.05, 0) is 49.4 Å². The molecular formula is C25H30N4O4S. The molecule has 2 aromatic rings. The zero-order valence-electron chi connectivity index (χ0n) is 19.1. The minimum Gasteiger partial charge on any atom is -0.338 e. The Kier molecular flexibility index (Phi) is 6.40. The molecule has 5 rings (SSSR count). The second kappa shape index (κ2) is 9.46. The lowest BCUT2D eigenvalue weighted by atomic mass is 9.84. The van der Waals surface area contributed by atoms with Crippen LogP contribution in [0.5, 0.6) is 0 Å². The molecule has 2 saturated heterocycles. The van der Waals surface area contributed by atoms with Crippen LogP contribution in [0.15, 0.2) is 59.8 Å². The standard InChI is InChI=1S/C25H30N4O4S/c30-24(19-7-2-1-3-8-19)29-22-11-5-4-9-20(22)17-23(29)25(31)27-13-15-28(16-14-27)34(32,33)21-10-6-12-26-18-21/h1-3,6-8,10,12,18,20,22-23H,4-5,9,11,13-17H2. The van der Waals surface area contributed by atoms with Gasteiger partial charge in [-0.1, -0.05) is 31.0 Å². The van der Waals surface area contributed by atoms with Crippen molar-refractivity contribution in [2.75, 3.05) is 26.2 Å². The maximum Gasteiger partial charge on any atom is 0.254 e. The fourth-order valence-electron chi connectivity index (χ4n) is 5.71. The number of sulfonamides is 1. The molecular weight excluding hydrogens is 452 g/mol. The molecule has 8 nitrogen and oxygen atoms in total. The van der Waals surface area contributed by atoms with Crippen molar-refractivity contribution in [2.24, 2.45) is 5.92 Å². The minimum absolute atomic E-state index is 0.0582. The summed E-state index contributed by atoms with van der Waals surface area (Å²) in [5.74, 6) is 0.214. The van der Waals surface area contributed by atoms with Gasteiger partial charge in [0, 0.05) is 50.2 Å². The fraction of sp³-hybridized carbons (Fsp3) is 0.480. The molecule has 1 aromatic heterocycles. The largest absolute Gasteiger partial charge is 0.338 e. The first kappa shape index (κ1) is 23.0. The normalized spacial score (nSPS) is 25.7. The Hall–Kier alpha value is -2.78. The summed E-state index contributed by atoms with van der Waals surface area (Å²) in [5, 5.41) is 0. The number of hydrogen-bond donors (Lipinski definition) is 0. The van der Waals surface area contributed by atoms with E-state index in [-0.39, 0.29) is 35.8 Å². The molecule has 2 amide bonds. The lowest BCUT2D eigenvalue weighted by molar-refractivity contribution is -0.136. The number of hydrogen-bond acceptors (Lipinski definition) is 5. The van der Waals surface area contributed by atoms with E-state index in [4.69, 9.17) is 0 Å². The van der Waals surface area contributed by atoms with Crippen molar-refractivity contribution in [3.8, 4) is 0 Å². The van der Waals surface area contributed by atoms with Crippen LogP contribution in [0.4, 0.5) is 0 Å². The van der Waals surface area contributed by atoms with Crippen molar-refractivity contribution in [1.82, 2.24) is 19.1 Å². The predicted molar refractivity (Wildman–Crippen MR) is 126 cm³/mol. The third-order valence-corrected chi connectivity index (χ3v) is 9.33. The third-order valence-electron chi connectivity index (χ3n) is 7.45. The summed E-state index contributed by atoms with van der Waals surface area (Å²) in [6, 6.07) is 11.9. The highest BCUT2D eigenvalue weighted by atomic mass is 32.2. The SMILES string of the molecule is O=C(C1CC2CCCCC2N1C(=O)c1ccccc1)N1CCN(S(=O)(=O)c2cccnc2)CC1. The molecule has 0 spiro atoms. The van der Waals surface area contributed by atoms with Crippen molar-refractivity contribution in [3.05, 3.63) is 60.4 Å². The van der Waals surface area contributed by atoms with Crippen LogP contribution >= 0.6 is 0 Å². The summed E-state index contributed by atoms with van der Waals surface area (Å²) in [6.45, 7) is 1.10. The summed E-state index contributed by atoms with van der Waals surface area (Å²) >= 11 is 0. The molecule has 34 heavy (non-hydrogen) atoms. The Morgan fingerprint density at radius 1 is 0.912 bits per heavy atom. The van der Waals surface area contributed by atoms with Crippen LogP contribution < -0.4 is 0 Å². The van der Waals surface area contributed by atoms with Gasteiger partial charge in [0.15, 0.2) is 0 Å². The molecule has 0 bridgehead atoms. The van der Waals surface area contributed by atoms with Crippen LogP contribution in [-0.2, 0) is 14.8 Å². The third kappa shape index (κ3) is 4.22. The van der Waals surface area contributed by atoms with Crippen LogP contribution in [0, 0.1) is 5.92 Å². The lowest BCUT2D eigenvalue weighted by Crippen LogP contribution is -2.56. The Morgan fingerprint density at radius 2 is 1.65 bits per heavy atom. The van der Waals surface area contributed by atoms with Gasteiger partial charge in [0.2, 0.25) is 15.9 Å². The van der Waals surface area contributed by atoms with Gasteiger partial charge < -0.3 is 9.80 Å². The molecule has 2 aliphatic heterocycles. The van der Waals surface area contributed by atoms with Gasteiger partial charge in [0.25, 0.3) is 5.91 Å². The van der Waals surface area contributed by atoms with Crippen molar-refractivity contribution >= 4 is 21.8 Å². The number of carbonyl (C=O) groups is 2. The molecule has 9 heteroatoms. The first-order chi connectivity index (χ1) is 16.5. The monoisotopic (exact) mass is 482 g/mol. The number of rotatable bonds is 4. The number of aromatic nitrogens is 1.